The fourth-order valence-corrected chi connectivity index (χ4v) is 2.86. The van der Waals surface area contributed by atoms with Crippen LogP contribution in [0.3, 0.4) is 0 Å². The Hall–Kier alpha value is -1.47. The second-order valence-corrected chi connectivity index (χ2v) is 6.44. The Balaban J connectivity index is 2.64. The molecule has 0 radical (unpaired) electrons. The topological polar surface area (TPSA) is 96.4 Å². The summed E-state index contributed by atoms with van der Waals surface area (Å²) in [5, 5.41) is 8.95. The van der Waals surface area contributed by atoms with Crippen LogP contribution in [0.5, 0.6) is 0 Å². The van der Waals surface area contributed by atoms with E-state index in [4.69, 9.17) is 5.11 Å². The van der Waals surface area contributed by atoms with Crippen molar-refractivity contribution in [2.75, 3.05) is 5.75 Å². The number of aliphatic carboxylic acids is 1. The van der Waals surface area contributed by atoms with Crippen LogP contribution in [0.15, 0.2) is 24.4 Å². The van der Waals surface area contributed by atoms with Crippen molar-refractivity contribution in [2.45, 2.75) is 26.3 Å². The number of aryl methyl sites for hydroxylation is 1. The average molecular weight is 286 g/mol. The fourth-order valence-electron chi connectivity index (χ4n) is 1.51. The van der Waals surface area contributed by atoms with Gasteiger partial charge in [-0.15, -0.1) is 0 Å². The van der Waals surface area contributed by atoms with E-state index >= 15 is 0 Å². The highest BCUT2D eigenvalue weighted by Crippen LogP contribution is 2.05. The number of nitrogens with one attached hydrogen (secondary N) is 1. The summed E-state index contributed by atoms with van der Waals surface area (Å²) in [5.74, 6) is -1.67. The van der Waals surface area contributed by atoms with Crippen LogP contribution in [0, 0.1) is 5.92 Å². The van der Waals surface area contributed by atoms with E-state index in [1.54, 1.807) is 38.2 Å². The van der Waals surface area contributed by atoms with Crippen molar-refractivity contribution in [2.24, 2.45) is 5.92 Å². The Labute approximate surface area is 112 Å². The summed E-state index contributed by atoms with van der Waals surface area (Å²) >= 11 is 0. The number of sulfonamides is 1. The molecule has 1 rings (SSSR count). The summed E-state index contributed by atoms with van der Waals surface area (Å²) in [6.45, 7) is 3.31. The second kappa shape index (κ2) is 6.63. The maximum Gasteiger partial charge on any atom is 0.321 e. The van der Waals surface area contributed by atoms with Gasteiger partial charge in [0.05, 0.1) is 5.75 Å². The molecule has 0 aliphatic rings. The predicted octanol–water partition coefficient (Wildman–Crippen LogP) is 0.653. The van der Waals surface area contributed by atoms with Crippen LogP contribution in [0.1, 0.15) is 19.5 Å². The molecule has 0 fully saturated rings. The lowest BCUT2D eigenvalue weighted by molar-refractivity contribution is -0.140. The number of aromatic nitrogens is 1. The Morgan fingerprint density at radius 2 is 2.11 bits per heavy atom. The Bertz CT molecular complexity index is 514. The molecule has 0 aromatic carbocycles. The highest BCUT2D eigenvalue weighted by Gasteiger charge is 2.26. The minimum Gasteiger partial charge on any atom is -0.480 e. The van der Waals surface area contributed by atoms with Gasteiger partial charge in [0.15, 0.2) is 0 Å². The zero-order chi connectivity index (χ0) is 14.5. The number of carbonyl (C=O) groups is 1. The molecule has 19 heavy (non-hydrogen) atoms. The van der Waals surface area contributed by atoms with Gasteiger partial charge in [-0.05, 0) is 18.1 Å². The normalized spacial score (nSPS) is 13.4. The molecule has 0 amide bonds. The lowest BCUT2D eigenvalue weighted by Crippen LogP contribution is -2.45. The number of hydrogen-bond donors (Lipinski definition) is 2. The van der Waals surface area contributed by atoms with Crippen molar-refractivity contribution in [1.82, 2.24) is 9.71 Å². The molecule has 1 heterocycles. The van der Waals surface area contributed by atoms with Gasteiger partial charge in [-0.25, -0.2) is 13.1 Å². The van der Waals surface area contributed by atoms with Crippen LogP contribution >= 0.6 is 0 Å². The van der Waals surface area contributed by atoms with E-state index < -0.39 is 22.0 Å². The molecule has 1 aromatic heterocycles. The van der Waals surface area contributed by atoms with E-state index in [-0.39, 0.29) is 18.1 Å². The van der Waals surface area contributed by atoms with Gasteiger partial charge in [-0.2, -0.15) is 0 Å². The van der Waals surface area contributed by atoms with E-state index in [9.17, 15) is 13.2 Å². The highest BCUT2D eigenvalue weighted by molar-refractivity contribution is 7.89. The van der Waals surface area contributed by atoms with Crippen molar-refractivity contribution >= 4 is 16.0 Å². The van der Waals surface area contributed by atoms with Crippen molar-refractivity contribution < 1.29 is 18.3 Å². The first-order valence-electron chi connectivity index (χ1n) is 5.94. The summed E-state index contributed by atoms with van der Waals surface area (Å²) in [6, 6.07) is 4.15. The zero-order valence-corrected chi connectivity index (χ0v) is 11.7. The van der Waals surface area contributed by atoms with Crippen LogP contribution in [-0.4, -0.2) is 36.3 Å². The minimum absolute atomic E-state index is 0.180. The average Bonchev–Trinajstić information content (AvgIpc) is 2.34. The van der Waals surface area contributed by atoms with Crippen LogP contribution in [0.25, 0.3) is 0 Å². The SMILES string of the molecule is CC(C)[C@@H](NS(=O)(=O)CCc1ccccn1)C(=O)O. The molecule has 0 spiro atoms. The maximum atomic E-state index is 11.8. The molecule has 6 nitrogen and oxygen atoms in total. The molecule has 106 valence electrons. The van der Waals surface area contributed by atoms with Gasteiger partial charge >= 0.3 is 5.97 Å². The molecular formula is C12H18N2O4S. The van der Waals surface area contributed by atoms with Crippen LogP contribution < -0.4 is 4.72 Å². The van der Waals surface area contributed by atoms with Crippen LogP contribution in [-0.2, 0) is 21.2 Å². The predicted molar refractivity (Wildman–Crippen MR) is 71.1 cm³/mol. The first kappa shape index (κ1) is 15.6. The molecule has 1 atom stereocenters. The Kier molecular flexibility index (Phi) is 5.44. The minimum atomic E-state index is -3.64. The standard InChI is InChI=1S/C12H18N2O4S/c1-9(2)11(12(15)16)14-19(17,18)8-6-10-5-3-4-7-13-10/h3-5,7,9,11,14H,6,8H2,1-2H3,(H,15,16)/t11-/m1/s1. The molecule has 7 heteroatoms. The maximum absolute atomic E-state index is 11.8. The lowest BCUT2D eigenvalue weighted by Gasteiger charge is -2.17. The number of nitrogens with zero attached hydrogens (tertiary/aromatic N) is 1. The molecule has 0 aliphatic heterocycles. The monoisotopic (exact) mass is 286 g/mol. The third-order valence-corrected chi connectivity index (χ3v) is 3.95. The molecule has 1 aromatic rings. The van der Waals surface area contributed by atoms with Gasteiger partial charge in [-0.1, -0.05) is 19.9 Å². The second-order valence-electron chi connectivity index (χ2n) is 4.57. The third kappa shape index (κ3) is 5.35. The molecule has 0 unspecified atom stereocenters. The number of hydrogen-bond acceptors (Lipinski definition) is 4. The lowest BCUT2D eigenvalue weighted by atomic mass is 10.1. The van der Waals surface area contributed by atoms with E-state index in [2.05, 4.69) is 9.71 Å². The summed E-state index contributed by atoms with van der Waals surface area (Å²) < 4.78 is 25.8. The highest BCUT2D eigenvalue weighted by atomic mass is 32.2. The van der Waals surface area contributed by atoms with Crippen molar-refractivity contribution in [3.8, 4) is 0 Å². The largest absolute Gasteiger partial charge is 0.480 e. The van der Waals surface area contributed by atoms with E-state index in [1.807, 2.05) is 0 Å². The summed E-state index contributed by atoms with van der Waals surface area (Å²) in [4.78, 5) is 15.0. The summed E-state index contributed by atoms with van der Waals surface area (Å²) in [6.07, 6.45) is 1.84. The smallest absolute Gasteiger partial charge is 0.321 e. The molecule has 0 saturated carbocycles. The van der Waals surface area contributed by atoms with Crippen molar-refractivity contribution in [3.05, 3.63) is 30.1 Å². The number of carboxylic acids is 1. The van der Waals surface area contributed by atoms with E-state index in [1.165, 1.54) is 0 Å². The number of rotatable bonds is 7. The Morgan fingerprint density at radius 1 is 1.42 bits per heavy atom. The zero-order valence-electron chi connectivity index (χ0n) is 10.9. The van der Waals surface area contributed by atoms with Crippen LogP contribution in [0.2, 0.25) is 0 Å². The van der Waals surface area contributed by atoms with Gasteiger partial charge < -0.3 is 5.11 Å². The van der Waals surface area contributed by atoms with Crippen molar-refractivity contribution in [1.29, 1.82) is 0 Å². The first-order valence-corrected chi connectivity index (χ1v) is 7.60. The van der Waals surface area contributed by atoms with Gasteiger partial charge in [0.2, 0.25) is 10.0 Å². The Morgan fingerprint density at radius 3 is 2.58 bits per heavy atom. The number of carboxylic acid groups (broad SMARTS) is 1. The molecule has 2 N–H and O–H groups in total. The molecule has 0 saturated heterocycles. The molecule has 0 bridgehead atoms. The van der Waals surface area contributed by atoms with E-state index in [0.29, 0.717) is 5.69 Å². The molecule has 0 aliphatic carbocycles. The third-order valence-electron chi connectivity index (χ3n) is 2.59. The number of pyridine rings is 1. The van der Waals surface area contributed by atoms with Gasteiger partial charge in [0.1, 0.15) is 6.04 Å². The molecular weight excluding hydrogens is 268 g/mol. The van der Waals surface area contributed by atoms with Crippen molar-refractivity contribution in [3.63, 3.8) is 0 Å². The van der Waals surface area contributed by atoms with Gasteiger partial charge in [0.25, 0.3) is 0 Å². The van der Waals surface area contributed by atoms with Gasteiger partial charge in [-0.3, -0.25) is 9.78 Å². The fraction of sp³-hybridized carbons (Fsp3) is 0.500. The first-order chi connectivity index (χ1) is 8.82. The quantitative estimate of drug-likeness (QED) is 0.767. The van der Waals surface area contributed by atoms with Crippen LogP contribution in [0.4, 0.5) is 0 Å². The van der Waals surface area contributed by atoms with E-state index in [0.717, 1.165) is 0 Å². The van der Waals surface area contributed by atoms with Gasteiger partial charge in [0, 0.05) is 18.3 Å². The summed E-state index contributed by atoms with van der Waals surface area (Å²) in [7, 11) is -3.64. The summed E-state index contributed by atoms with van der Waals surface area (Å²) in [5.41, 5.74) is 0.657.